The monoisotopic (exact) mass is 202 g/mol. The van der Waals surface area contributed by atoms with Crippen molar-refractivity contribution in [1.82, 2.24) is 4.57 Å². The van der Waals surface area contributed by atoms with Crippen LogP contribution in [-0.2, 0) is 13.5 Å². The van der Waals surface area contributed by atoms with Crippen molar-refractivity contribution >= 4 is 10.9 Å². The Hall–Kier alpha value is -1.28. The van der Waals surface area contributed by atoms with E-state index in [1.54, 1.807) is 0 Å². The lowest BCUT2D eigenvalue weighted by molar-refractivity contribution is 0.738. The minimum Gasteiger partial charge on any atom is -0.350 e. The predicted molar refractivity (Wildman–Crippen MR) is 65.0 cm³/mol. The number of fused-ring (bicyclic) bond motifs is 1. The summed E-state index contributed by atoms with van der Waals surface area (Å²) in [4.78, 5) is 0. The first-order chi connectivity index (χ1) is 7.09. The van der Waals surface area contributed by atoms with Gasteiger partial charge in [-0.3, -0.25) is 0 Å². The van der Waals surface area contributed by atoms with Crippen LogP contribution in [0.15, 0.2) is 24.4 Å². The minimum absolute atomic E-state index is 0.219. The van der Waals surface area contributed by atoms with E-state index in [4.69, 9.17) is 5.73 Å². The molecule has 2 nitrogen and oxygen atoms in total. The smallest absolute Gasteiger partial charge is 0.0510 e. The summed E-state index contributed by atoms with van der Waals surface area (Å²) in [5.74, 6) is 0. The molecule has 0 saturated heterocycles. The summed E-state index contributed by atoms with van der Waals surface area (Å²) >= 11 is 0. The van der Waals surface area contributed by atoms with Gasteiger partial charge >= 0.3 is 0 Å². The summed E-state index contributed by atoms with van der Waals surface area (Å²) < 4.78 is 2.20. The van der Waals surface area contributed by atoms with Crippen LogP contribution in [0.3, 0.4) is 0 Å². The Morgan fingerprint density at radius 3 is 2.80 bits per heavy atom. The summed E-state index contributed by atoms with van der Waals surface area (Å²) in [6.07, 6.45) is 3.14. The summed E-state index contributed by atoms with van der Waals surface area (Å²) in [6, 6.07) is 6.66. The van der Waals surface area contributed by atoms with Gasteiger partial charge in [0.2, 0.25) is 0 Å². The standard InChI is InChI=1S/C13H18N2/c1-9-5-4-6-12-11(7-10(2)14)8-15(3)13(9)12/h4-6,8,10H,7,14H2,1-3H3/t10-/m1/s1. The first-order valence-corrected chi connectivity index (χ1v) is 5.38. The SMILES string of the molecule is Cc1cccc2c(C[C@@H](C)N)cn(C)c12. The summed E-state index contributed by atoms with van der Waals surface area (Å²) in [5, 5.41) is 1.34. The molecule has 2 N–H and O–H groups in total. The van der Waals surface area contributed by atoms with Gasteiger partial charge in [0.15, 0.2) is 0 Å². The molecule has 1 aromatic carbocycles. The van der Waals surface area contributed by atoms with Crippen LogP contribution in [0.25, 0.3) is 10.9 Å². The van der Waals surface area contributed by atoms with E-state index in [0.717, 1.165) is 6.42 Å². The zero-order valence-corrected chi connectivity index (χ0v) is 9.62. The molecule has 2 heteroatoms. The zero-order chi connectivity index (χ0) is 11.0. The van der Waals surface area contributed by atoms with E-state index in [2.05, 4.69) is 49.9 Å². The lowest BCUT2D eigenvalue weighted by Gasteiger charge is -2.03. The van der Waals surface area contributed by atoms with Gasteiger partial charge in [0, 0.05) is 24.7 Å². The lowest BCUT2D eigenvalue weighted by Crippen LogP contribution is -2.17. The average Bonchev–Trinajstić information content (AvgIpc) is 2.44. The summed E-state index contributed by atoms with van der Waals surface area (Å²) in [6.45, 7) is 4.20. The molecule has 80 valence electrons. The highest BCUT2D eigenvalue weighted by Crippen LogP contribution is 2.24. The fourth-order valence-electron chi connectivity index (χ4n) is 2.26. The van der Waals surface area contributed by atoms with Crippen LogP contribution in [-0.4, -0.2) is 10.6 Å². The quantitative estimate of drug-likeness (QED) is 0.796. The molecule has 0 aliphatic carbocycles. The van der Waals surface area contributed by atoms with Gasteiger partial charge in [-0.1, -0.05) is 18.2 Å². The molecular weight excluding hydrogens is 184 g/mol. The van der Waals surface area contributed by atoms with E-state index in [9.17, 15) is 0 Å². The van der Waals surface area contributed by atoms with Crippen molar-refractivity contribution in [1.29, 1.82) is 0 Å². The van der Waals surface area contributed by atoms with E-state index in [0.29, 0.717) is 0 Å². The van der Waals surface area contributed by atoms with Crippen molar-refractivity contribution in [2.24, 2.45) is 12.8 Å². The predicted octanol–water partition coefficient (Wildman–Crippen LogP) is 2.38. The van der Waals surface area contributed by atoms with Crippen LogP contribution in [0.4, 0.5) is 0 Å². The highest BCUT2D eigenvalue weighted by Gasteiger charge is 2.09. The van der Waals surface area contributed by atoms with Gasteiger partial charge in [-0.25, -0.2) is 0 Å². The highest BCUT2D eigenvalue weighted by atomic mass is 14.9. The van der Waals surface area contributed by atoms with Crippen LogP contribution in [0.1, 0.15) is 18.1 Å². The normalized spacial score (nSPS) is 13.3. The molecule has 0 radical (unpaired) electrons. The molecule has 0 bridgehead atoms. The van der Waals surface area contributed by atoms with Gasteiger partial charge in [0.25, 0.3) is 0 Å². The molecule has 0 saturated carbocycles. The molecule has 1 heterocycles. The van der Waals surface area contributed by atoms with Crippen LogP contribution in [0.2, 0.25) is 0 Å². The number of nitrogens with two attached hydrogens (primary N) is 1. The summed E-state index contributed by atoms with van der Waals surface area (Å²) in [5.41, 5.74) is 9.86. The largest absolute Gasteiger partial charge is 0.350 e. The van der Waals surface area contributed by atoms with E-state index < -0.39 is 0 Å². The molecule has 0 unspecified atom stereocenters. The summed E-state index contributed by atoms with van der Waals surface area (Å²) in [7, 11) is 2.10. The molecule has 2 aromatic rings. The van der Waals surface area contributed by atoms with Gasteiger partial charge in [-0.05, 0) is 31.4 Å². The Morgan fingerprint density at radius 2 is 2.13 bits per heavy atom. The highest BCUT2D eigenvalue weighted by molar-refractivity contribution is 5.86. The number of hydrogen-bond acceptors (Lipinski definition) is 1. The molecule has 1 aromatic heterocycles. The van der Waals surface area contributed by atoms with E-state index >= 15 is 0 Å². The molecule has 0 spiro atoms. The molecule has 15 heavy (non-hydrogen) atoms. The van der Waals surface area contributed by atoms with Gasteiger partial charge in [-0.15, -0.1) is 0 Å². The molecule has 0 aliphatic heterocycles. The van der Waals surface area contributed by atoms with E-state index in [1.165, 1.54) is 22.0 Å². The van der Waals surface area contributed by atoms with Gasteiger partial charge in [0.1, 0.15) is 0 Å². The van der Waals surface area contributed by atoms with Crippen molar-refractivity contribution < 1.29 is 0 Å². The number of aryl methyl sites for hydroxylation is 2. The van der Waals surface area contributed by atoms with Gasteiger partial charge in [0.05, 0.1) is 5.52 Å². The second-order valence-electron chi connectivity index (χ2n) is 4.42. The zero-order valence-electron chi connectivity index (χ0n) is 9.62. The number of benzene rings is 1. The maximum absolute atomic E-state index is 5.85. The number of aromatic nitrogens is 1. The maximum Gasteiger partial charge on any atom is 0.0510 e. The first-order valence-electron chi connectivity index (χ1n) is 5.38. The third-order valence-electron chi connectivity index (χ3n) is 2.83. The lowest BCUT2D eigenvalue weighted by atomic mass is 10.1. The van der Waals surface area contributed by atoms with Crippen molar-refractivity contribution in [3.8, 4) is 0 Å². The van der Waals surface area contributed by atoms with Crippen LogP contribution < -0.4 is 5.73 Å². The van der Waals surface area contributed by atoms with Crippen LogP contribution >= 0.6 is 0 Å². The van der Waals surface area contributed by atoms with Crippen LogP contribution in [0, 0.1) is 6.92 Å². The van der Waals surface area contributed by atoms with Gasteiger partial charge in [-0.2, -0.15) is 0 Å². The second kappa shape index (κ2) is 3.70. The molecule has 0 aliphatic rings. The Morgan fingerprint density at radius 1 is 1.40 bits per heavy atom. The minimum atomic E-state index is 0.219. The number of rotatable bonds is 2. The second-order valence-corrected chi connectivity index (χ2v) is 4.42. The van der Waals surface area contributed by atoms with Crippen LogP contribution in [0.5, 0.6) is 0 Å². The molecular formula is C13H18N2. The molecule has 0 amide bonds. The fourth-order valence-corrected chi connectivity index (χ4v) is 2.26. The van der Waals surface area contributed by atoms with Crippen molar-refractivity contribution in [2.45, 2.75) is 26.3 Å². The number of hydrogen-bond donors (Lipinski definition) is 1. The Kier molecular flexibility index (Phi) is 2.53. The molecule has 2 rings (SSSR count). The van der Waals surface area contributed by atoms with E-state index in [1.807, 2.05) is 0 Å². The average molecular weight is 202 g/mol. The fraction of sp³-hybridized carbons (Fsp3) is 0.385. The topological polar surface area (TPSA) is 30.9 Å². The Balaban J connectivity index is 2.63. The number of para-hydroxylation sites is 1. The van der Waals surface area contributed by atoms with Gasteiger partial charge < -0.3 is 10.3 Å². The third-order valence-corrected chi connectivity index (χ3v) is 2.83. The maximum atomic E-state index is 5.85. The molecule has 0 fully saturated rings. The Bertz CT molecular complexity index is 480. The van der Waals surface area contributed by atoms with Crippen molar-refractivity contribution in [2.75, 3.05) is 0 Å². The Labute approximate surface area is 90.7 Å². The van der Waals surface area contributed by atoms with Crippen molar-refractivity contribution in [3.63, 3.8) is 0 Å². The molecule has 1 atom stereocenters. The number of nitrogens with zero attached hydrogens (tertiary/aromatic N) is 1. The van der Waals surface area contributed by atoms with E-state index in [-0.39, 0.29) is 6.04 Å². The third kappa shape index (κ3) is 1.77. The first kappa shape index (κ1) is 10.2. The van der Waals surface area contributed by atoms with Crippen molar-refractivity contribution in [3.05, 3.63) is 35.5 Å².